The summed E-state index contributed by atoms with van der Waals surface area (Å²) in [7, 11) is 1.64. The van der Waals surface area contributed by atoms with Crippen molar-refractivity contribution in [1.82, 2.24) is 4.57 Å². The van der Waals surface area contributed by atoms with Crippen molar-refractivity contribution >= 4 is 5.91 Å². The second-order valence-corrected chi connectivity index (χ2v) is 6.62. The molecule has 0 aliphatic carbocycles. The number of carbonyl (C=O) groups is 1. The lowest BCUT2D eigenvalue weighted by Crippen LogP contribution is -2.13. The number of ether oxygens (including phenoxy) is 1. The van der Waals surface area contributed by atoms with Crippen molar-refractivity contribution in [1.29, 1.82) is 0 Å². The fourth-order valence-electron chi connectivity index (χ4n) is 3.72. The van der Waals surface area contributed by atoms with E-state index in [2.05, 4.69) is 35.8 Å². The van der Waals surface area contributed by atoms with Crippen LogP contribution in [0.25, 0.3) is 11.1 Å². The lowest BCUT2D eigenvalue weighted by atomic mass is 9.98. The van der Waals surface area contributed by atoms with Gasteiger partial charge in [-0.25, -0.2) is 0 Å². The average molecular weight is 362 g/mol. The minimum atomic E-state index is -0.383. The number of amides is 1. The van der Waals surface area contributed by atoms with Gasteiger partial charge >= 0.3 is 0 Å². The highest BCUT2D eigenvalue weighted by molar-refractivity contribution is 6.02. The zero-order valence-corrected chi connectivity index (χ0v) is 16.2. The van der Waals surface area contributed by atoms with Crippen LogP contribution in [-0.4, -0.2) is 17.6 Å². The van der Waals surface area contributed by atoms with Gasteiger partial charge in [0.2, 0.25) is 0 Å². The van der Waals surface area contributed by atoms with E-state index in [-0.39, 0.29) is 5.91 Å². The Bertz CT molecular complexity index is 925. The number of nitrogens with zero attached hydrogens (tertiary/aromatic N) is 1. The molecule has 27 heavy (non-hydrogen) atoms. The molecule has 0 unspecified atom stereocenters. The van der Waals surface area contributed by atoms with Gasteiger partial charge in [0, 0.05) is 23.5 Å². The van der Waals surface area contributed by atoms with Gasteiger partial charge in [0.1, 0.15) is 5.75 Å². The Hall–Kier alpha value is -3.01. The number of aromatic nitrogens is 1. The summed E-state index contributed by atoms with van der Waals surface area (Å²) in [6.07, 6.45) is 1.73. The Morgan fingerprint density at radius 3 is 2.30 bits per heavy atom. The van der Waals surface area contributed by atoms with Crippen LogP contribution in [0.3, 0.4) is 0 Å². The van der Waals surface area contributed by atoms with Crippen LogP contribution in [0, 0.1) is 6.92 Å². The maximum atomic E-state index is 12.3. The van der Waals surface area contributed by atoms with Gasteiger partial charge in [-0.2, -0.15) is 0 Å². The molecule has 2 N–H and O–H groups in total. The Balaban J connectivity index is 2.07. The van der Waals surface area contributed by atoms with Crippen LogP contribution in [0.5, 0.6) is 5.75 Å². The van der Waals surface area contributed by atoms with Crippen LogP contribution in [0.4, 0.5) is 0 Å². The van der Waals surface area contributed by atoms with Crippen molar-refractivity contribution in [2.75, 3.05) is 7.11 Å². The Labute approximate surface area is 160 Å². The third kappa shape index (κ3) is 3.75. The highest BCUT2D eigenvalue weighted by Crippen LogP contribution is 2.34. The predicted octanol–water partition coefficient (Wildman–Crippen LogP) is 4.38. The van der Waals surface area contributed by atoms with E-state index in [1.807, 2.05) is 37.3 Å². The summed E-state index contributed by atoms with van der Waals surface area (Å²) < 4.78 is 7.50. The van der Waals surface area contributed by atoms with E-state index >= 15 is 0 Å². The average Bonchev–Trinajstić information content (AvgIpc) is 2.98. The van der Waals surface area contributed by atoms with Gasteiger partial charge in [-0.15, -0.1) is 0 Å². The Kier molecular flexibility index (Phi) is 5.65. The summed E-state index contributed by atoms with van der Waals surface area (Å²) >= 11 is 0. The van der Waals surface area contributed by atoms with Crippen molar-refractivity contribution in [2.24, 2.45) is 5.73 Å². The molecule has 0 saturated carbocycles. The first-order valence-electron chi connectivity index (χ1n) is 9.26. The second-order valence-electron chi connectivity index (χ2n) is 6.62. The zero-order valence-electron chi connectivity index (χ0n) is 16.2. The molecule has 1 aromatic heterocycles. The highest BCUT2D eigenvalue weighted by Gasteiger charge is 2.23. The van der Waals surface area contributed by atoms with Gasteiger partial charge in [-0.3, -0.25) is 4.79 Å². The summed E-state index contributed by atoms with van der Waals surface area (Å²) in [5.74, 6) is 0.407. The summed E-state index contributed by atoms with van der Waals surface area (Å²) in [5, 5.41) is 0. The largest absolute Gasteiger partial charge is 0.497 e. The van der Waals surface area contributed by atoms with Gasteiger partial charge < -0.3 is 15.0 Å². The SMILES string of the molecule is CCc1c(-c2ccc(OC)cc2)c(C(N)=O)c(C)n1CCc1ccccc1. The fourth-order valence-corrected chi connectivity index (χ4v) is 3.72. The monoisotopic (exact) mass is 362 g/mol. The Morgan fingerprint density at radius 2 is 1.74 bits per heavy atom. The maximum Gasteiger partial charge on any atom is 0.251 e. The standard InChI is InChI=1S/C23H26N2O2/c1-4-20-22(18-10-12-19(27-3)13-11-18)21(23(24)26)16(2)25(20)15-14-17-8-6-5-7-9-17/h5-13H,4,14-15H2,1-3H3,(H2,24,26). The van der Waals surface area contributed by atoms with Crippen molar-refractivity contribution in [3.05, 3.63) is 77.1 Å². The maximum absolute atomic E-state index is 12.3. The summed E-state index contributed by atoms with van der Waals surface area (Å²) in [6, 6.07) is 18.2. The van der Waals surface area contributed by atoms with E-state index < -0.39 is 0 Å². The van der Waals surface area contributed by atoms with Gasteiger partial charge in [0.15, 0.2) is 0 Å². The number of aryl methyl sites for hydroxylation is 1. The third-order valence-corrected chi connectivity index (χ3v) is 5.06. The molecule has 4 nitrogen and oxygen atoms in total. The van der Waals surface area contributed by atoms with E-state index in [1.54, 1.807) is 7.11 Å². The van der Waals surface area contributed by atoms with Crippen molar-refractivity contribution in [3.8, 4) is 16.9 Å². The van der Waals surface area contributed by atoms with Crippen molar-refractivity contribution < 1.29 is 9.53 Å². The minimum Gasteiger partial charge on any atom is -0.497 e. The molecule has 0 saturated heterocycles. The lowest BCUT2D eigenvalue weighted by Gasteiger charge is -2.12. The molecule has 1 amide bonds. The first kappa shape index (κ1) is 18.8. The number of hydrogen-bond donors (Lipinski definition) is 1. The smallest absolute Gasteiger partial charge is 0.251 e. The van der Waals surface area contributed by atoms with Crippen LogP contribution in [0.2, 0.25) is 0 Å². The van der Waals surface area contributed by atoms with Crippen LogP contribution in [-0.2, 0) is 19.4 Å². The number of methoxy groups -OCH3 is 1. The number of benzene rings is 2. The second kappa shape index (κ2) is 8.12. The summed E-state index contributed by atoms with van der Waals surface area (Å²) in [6.45, 7) is 4.91. The minimum absolute atomic E-state index is 0.383. The normalized spacial score (nSPS) is 10.8. The van der Waals surface area contributed by atoms with Crippen molar-refractivity contribution in [2.45, 2.75) is 33.2 Å². The number of hydrogen-bond acceptors (Lipinski definition) is 2. The molecule has 0 atom stereocenters. The van der Waals surface area contributed by atoms with Gasteiger partial charge in [0.05, 0.1) is 12.7 Å². The molecule has 140 valence electrons. The topological polar surface area (TPSA) is 57.2 Å². The van der Waals surface area contributed by atoms with Gasteiger partial charge in [-0.1, -0.05) is 49.4 Å². The zero-order chi connectivity index (χ0) is 19.4. The van der Waals surface area contributed by atoms with Crippen LogP contribution >= 0.6 is 0 Å². The molecular weight excluding hydrogens is 336 g/mol. The van der Waals surface area contributed by atoms with E-state index in [1.165, 1.54) is 5.56 Å². The number of carbonyl (C=O) groups excluding carboxylic acids is 1. The highest BCUT2D eigenvalue weighted by atomic mass is 16.5. The number of nitrogens with two attached hydrogens (primary N) is 1. The molecule has 2 aromatic carbocycles. The predicted molar refractivity (Wildman–Crippen MR) is 109 cm³/mol. The van der Waals surface area contributed by atoms with E-state index in [4.69, 9.17) is 10.5 Å². The molecule has 0 bridgehead atoms. The first-order chi connectivity index (χ1) is 13.1. The Morgan fingerprint density at radius 1 is 1.07 bits per heavy atom. The summed E-state index contributed by atoms with van der Waals surface area (Å²) in [4.78, 5) is 12.3. The number of primary amides is 1. The van der Waals surface area contributed by atoms with Crippen molar-refractivity contribution in [3.63, 3.8) is 0 Å². The van der Waals surface area contributed by atoms with E-state index in [0.717, 1.165) is 47.7 Å². The molecule has 0 radical (unpaired) electrons. The van der Waals surface area contributed by atoms with E-state index in [9.17, 15) is 4.79 Å². The molecule has 0 aliphatic rings. The first-order valence-corrected chi connectivity index (χ1v) is 9.26. The third-order valence-electron chi connectivity index (χ3n) is 5.06. The van der Waals surface area contributed by atoms with Crippen LogP contribution < -0.4 is 10.5 Å². The quantitative estimate of drug-likeness (QED) is 0.678. The molecule has 3 rings (SSSR count). The lowest BCUT2D eigenvalue weighted by molar-refractivity contribution is 0.1000. The molecular formula is C23H26N2O2. The molecule has 0 spiro atoms. The van der Waals surface area contributed by atoms with Gasteiger partial charge in [0.25, 0.3) is 5.91 Å². The molecule has 4 heteroatoms. The summed E-state index contributed by atoms with van der Waals surface area (Å²) in [5.41, 5.74) is 11.7. The van der Waals surface area contributed by atoms with E-state index in [0.29, 0.717) is 5.56 Å². The molecule has 1 heterocycles. The van der Waals surface area contributed by atoms with Crippen LogP contribution in [0.15, 0.2) is 54.6 Å². The molecule has 0 fully saturated rings. The number of rotatable bonds is 7. The molecule has 0 aliphatic heterocycles. The molecule has 3 aromatic rings. The van der Waals surface area contributed by atoms with Gasteiger partial charge in [-0.05, 0) is 43.0 Å². The fraction of sp³-hybridized carbons (Fsp3) is 0.261. The van der Waals surface area contributed by atoms with Crippen LogP contribution in [0.1, 0.15) is 34.2 Å².